The molecule has 6 heteroatoms. The van der Waals surface area contributed by atoms with Gasteiger partial charge in [-0.3, -0.25) is 10.2 Å². The van der Waals surface area contributed by atoms with E-state index in [0.717, 1.165) is 58.9 Å². The number of halogens is 1. The summed E-state index contributed by atoms with van der Waals surface area (Å²) in [4.78, 5) is 4.74. The highest BCUT2D eigenvalue weighted by atomic mass is 19.1. The van der Waals surface area contributed by atoms with E-state index in [2.05, 4.69) is 20.4 Å². The molecule has 0 bridgehead atoms. The van der Waals surface area contributed by atoms with Gasteiger partial charge in [-0.05, 0) is 43.7 Å². The molecule has 120 valence electrons. The summed E-state index contributed by atoms with van der Waals surface area (Å²) in [5, 5.41) is 15.9. The smallest absolute Gasteiger partial charge is 0.151 e. The van der Waals surface area contributed by atoms with Gasteiger partial charge < -0.3 is 0 Å². The van der Waals surface area contributed by atoms with Crippen molar-refractivity contribution in [3.63, 3.8) is 0 Å². The normalized spacial score (nSPS) is 14.4. The molecule has 1 aromatic carbocycles. The molecule has 24 heavy (non-hydrogen) atoms. The molecule has 0 saturated carbocycles. The summed E-state index contributed by atoms with van der Waals surface area (Å²) in [7, 11) is 0. The third-order valence-electron chi connectivity index (χ3n) is 5.04. The Bertz CT molecular complexity index is 1090. The Morgan fingerprint density at radius 3 is 2.62 bits per heavy atom. The summed E-state index contributed by atoms with van der Waals surface area (Å²) < 4.78 is 14.8. The van der Waals surface area contributed by atoms with Crippen LogP contribution in [0.5, 0.6) is 0 Å². The van der Waals surface area contributed by atoms with Crippen LogP contribution < -0.4 is 0 Å². The van der Waals surface area contributed by atoms with Gasteiger partial charge in [0.2, 0.25) is 0 Å². The summed E-state index contributed by atoms with van der Waals surface area (Å²) >= 11 is 0. The van der Waals surface area contributed by atoms with E-state index < -0.39 is 0 Å². The maximum absolute atomic E-state index is 14.8. The fourth-order valence-corrected chi connectivity index (χ4v) is 3.90. The highest BCUT2D eigenvalue weighted by molar-refractivity contribution is 6.08. The van der Waals surface area contributed by atoms with E-state index in [4.69, 9.17) is 4.98 Å². The second-order valence-electron chi connectivity index (χ2n) is 6.45. The number of hydrogen-bond acceptors (Lipinski definition) is 3. The zero-order chi connectivity index (χ0) is 16.3. The van der Waals surface area contributed by atoms with Crippen molar-refractivity contribution in [3.05, 3.63) is 41.1 Å². The Hall–Kier alpha value is -2.76. The van der Waals surface area contributed by atoms with Gasteiger partial charge in [0.25, 0.3) is 0 Å². The molecule has 1 aliphatic carbocycles. The van der Waals surface area contributed by atoms with Crippen LogP contribution in [0.3, 0.4) is 0 Å². The summed E-state index contributed by atoms with van der Waals surface area (Å²) in [5.74, 6) is -0.308. The summed E-state index contributed by atoms with van der Waals surface area (Å²) in [6.45, 7) is 1.97. The van der Waals surface area contributed by atoms with Crippen LogP contribution in [0.25, 0.3) is 33.1 Å². The molecule has 0 saturated heterocycles. The lowest BCUT2D eigenvalue weighted by atomic mass is 9.85. The molecule has 3 heterocycles. The maximum Gasteiger partial charge on any atom is 0.151 e. The molecular formula is C18H16FN5. The highest BCUT2D eigenvalue weighted by Crippen LogP contribution is 2.39. The van der Waals surface area contributed by atoms with E-state index in [0.29, 0.717) is 5.52 Å². The Labute approximate surface area is 137 Å². The molecule has 1 aliphatic rings. The van der Waals surface area contributed by atoms with Crippen molar-refractivity contribution in [1.82, 2.24) is 25.4 Å². The molecule has 5 nitrogen and oxygen atoms in total. The van der Waals surface area contributed by atoms with Crippen molar-refractivity contribution >= 4 is 21.8 Å². The average molecular weight is 321 g/mol. The zero-order valence-electron chi connectivity index (χ0n) is 13.3. The fraction of sp³-hybridized carbons (Fsp3) is 0.278. The average Bonchev–Trinajstić information content (AvgIpc) is 3.22. The van der Waals surface area contributed by atoms with E-state index in [1.54, 1.807) is 12.4 Å². The Kier molecular flexibility index (Phi) is 2.77. The van der Waals surface area contributed by atoms with Gasteiger partial charge in [-0.25, -0.2) is 9.37 Å². The highest BCUT2D eigenvalue weighted by Gasteiger charge is 2.24. The van der Waals surface area contributed by atoms with Gasteiger partial charge in [0.15, 0.2) is 5.82 Å². The van der Waals surface area contributed by atoms with Crippen LogP contribution in [0.15, 0.2) is 18.5 Å². The molecule has 4 aromatic rings. The van der Waals surface area contributed by atoms with Crippen LogP contribution >= 0.6 is 0 Å². The first kappa shape index (κ1) is 13.7. The quantitative estimate of drug-likeness (QED) is 0.560. The number of nitrogens with one attached hydrogen (secondary N) is 2. The fourth-order valence-electron chi connectivity index (χ4n) is 3.90. The van der Waals surface area contributed by atoms with Crippen molar-refractivity contribution in [2.45, 2.75) is 32.6 Å². The topological polar surface area (TPSA) is 70.2 Å². The minimum Gasteiger partial charge on any atom is -0.282 e. The Balaban J connectivity index is 1.98. The Morgan fingerprint density at radius 1 is 1.04 bits per heavy atom. The number of aryl methyl sites for hydroxylation is 2. The molecule has 0 fully saturated rings. The van der Waals surface area contributed by atoms with Gasteiger partial charge in [0.1, 0.15) is 5.52 Å². The van der Waals surface area contributed by atoms with Crippen LogP contribution in [0, 0.1) is 12.7 Å². The van der Waals surface area contributed by atoms with Crippen LogP contribution in [0.4, 0.5) is 4.39 Å². The molecule has 0 amide bonds. The summed E-state index contributed by atoms with van der Waals surface area (Å²) in [6, 6.07) is 1.49. The van der Waals surface area contributed by atoms with Crippen molar-refractivity contribution in [1.29, 1.82) is 0 Å². The third-order valence-corrected chi connectivity index (χ3v) is 5.04. The lowest BCUT2D eigenvalue weighted by Crippen LogP contribution is -2.08. The van der Waals surface area contributed by atoms with Crippen molar-refractivity contribution in [3.8, 4) is 11.3 Å². The number of hydrogen-bond donors (Lipinski definition) is 2. The first-order valence-corrected chi connectivity index (χ1v) is 8.21. The van der Waals surface area contributed by atoms with Gasteiger partial charge in [-0.1, -0.05) is 0 Å². The molecular weight excluding hydrogens is 305 g/mol. The molecule has 0 aliphatic heterocycles. The van der Waals surface area contributed by atoms with Crippen LogP contribution in [-0.2, 0) is 12.8 Å². The van der Waals surface area contributed by atoms with Crippen molar-refractivity contribution in [2.75, 3.05) is 0 Å². The summed E-state index contributed by atoms with van der Waals surface area (Å²) in [5.41, 5.74) is 6.38. The van der Waals surface area contributed by atoms with Gasteiger partial charge >= 0.3 is 0 Å². The molecule has 0 radical (unpaired) electrons. The van der Waals surface area contributed by atoms with Gasteiger partial charge in [0, 0.05) is 28.1 Å². The number of H-pyrrole nitrogens is 2. The van der Waals surface area contributed by atoms with E-state index >= 15 is 0 Å². The number of rotatable bonds is 1. The first-order chi connectivity index (χ1) is 11.7. The number of aromatic amines is 2. The van der Waals surface area contributed by atoms with Crippen LogP contribution in [-0.4, -0.2) is 25.4 Å². The monoisotopic (exact) mass is 321 g/mol. The number of fused-ring (bicyclic) bond motifs is 5. The number of aromatic nitrogens is 5. The van der Waals surface area contributed by atoms with E-state index in [-0.39, 0.29) is 5.82 Å². The van der Waals surface area contributed by atoms with Crippen LogP contribution in [0.2, 0.25) is 0 Å². The van der Waals surface area contributed by atoms with E-state index in [1.807, 2.05) is 6.92 Å². The maximum atomic E-state index is 14.8. The number of nitrogens with zero attached hydrogens (tertiary/aromatic N) is 3. The van der Waals surface area contributed by atoms with Crippen molar-refractivity contribution < 1.29 is 4.39 Å². The summed E-state index contributed by atoms with van der Waals surface area (Å²) in [6.07, 6.45) is 7.72. The molecule has 0 spiro atoms. The van der Waals surface area contributed by atoms with Crippen molar-refractivity contribution in [2.24, 2.45) is 0 Å². The molecule has 2 N–H and O–H groups in total. The lowest BCUT2D eigenvalue weighted by molar-refractivity contribution is 0.636. The number of pyridine rings is 1. The first-order valence-electron chi connectivity index (χ1n) is 8.21. The molecule has 0 unspecified atom stereocenters. The van der Waals surface area contributed by atoms with Gasteiger partial charge in [0.05, 0.1) is 23.6 Å². The Morgan fingerprint density at radius 2 is 1.83 bits per heavy atom. The predicted molar refractivity (Wildman–Crippen MR) is 90.3 cm³/mol. The van der Waals surface area contributed by atoms with Gasteiger partial charge in [-0.15, -0.1) is 0 Å². The minimum absolute atomic E-state index is 0.308. The van der Waals surface area contributed by atoms with Crippen LogP contribution in [0.1, 0.15) is 29.7 Å². The second kappa shape index (κ2) is 4.87. The molecule has 0 atom stereocenters. The zero-order valence-corrected chi connectivity index (χ0v) is 13.3. The third kappa shape index (κ3) is 1.76. The number of benzene rings is 1. The standard InChI is InChI=1S/C18H16FN5/c1-9-12(7-20-23-9)17-11-5-3-2-4-10(11)16-13-8-21-24-15(13)6-14(19)18(16)22-17/h6-8H,2-5H2,1H3,(H,20,23)(H,21,24). The second-order valence-corrected chi connectivity index (χ2v) is 6.45. The molecule has 3 aromatic heterocycles. The van der Waals surface area contributed by atoms with E-state index in [1.165, 1.54) is 17.2 Å². The van der Waals surface area contributed by atoms with Gasteiger partial charge in [-0.2, -0.15) is 10.2 Å². The van der Waals surface area contributed by atoms with E-state index in [9.17, 15) is 4.39 Å². The largest absolute Gasteiger partial charge is 0.282 e. The lowest BCUT2D eigenvalue weighted by Gasteiger charge is -2.21. The minimum atomic E-state index is -0.308. The SMILES string of the molecule is Cc1[nH]ncc1-c1nc2c(F)cc3[nH]ncc3c2c2c1CCCC2. The predicted octanol–water partition coefficient (Wildman–Crippen LogP) is 3.83. The molecule has 5 rings (SSSR count).